The standard InChI is InChI=1S/C21H24ClFN2OS/c1-15(2)24(13-16-4-3-5-18(22)12-16)14-20(26)25-10-11-27-21(25)17-6-8-19(23)9-7-17/h3-9,12,15,21H,10-11,13-14H2,1-2H3/p+1/t21-/m1/s1. The summed E-state index contributed by atoms with van der Waals surface area (Å²) in [6, 6.07) is 14.6. The number of hydrogen-bond acceptors (Lipinski definition) is 2. The molecule has 0 saturated carbocycles. The Bertz CT molecular complexity index is 784. The van der Waals surface area contributed by atoms with E-state index in [1.54, 1.807) is 23.9 Å². The highest BCUT2D eigenvalue weighted by molar-refractivity contribution is 7.99. The van der Waals surface area contributed by atoms with Gasteiger partial charge in [0.15, 0.2) is 6.54 Å². The molecule has 1 saturated heterocycles. The minimum absolute atomic E-state index is 0.0299. The van der Waals surface area contributed by atoms with Gasteiger partial charge in [0.1, 0.15) is 17.7 Å². The predicted octanol–water partition coefficient (Wildman–Crippen LogP) is 3.55. The van der Waals surface area contributed by atoms with Crippen molar-refractivity contribution in [2.75, 3.05) is 18.8 Å². The van der Waals surface area contributed by atoms with Gasteiger partial charge in [-0.05, 0) is 43.7 Å². The molecule has 27 heavy (non-hydrogen) atoms. The second-order valence-corrected chi connectivity index (χ2v) is 8.78. The van der Waals surface area contributed by atoms with Crippen molar-refractivity contribution < 1.29 is 14.1 Å². The molecule has 1 fully saturated rings. The Labute approximate surface area is 169 Å². The average molecular weight is 408 g/mol. The van der Waals surface area contributed by atoms with Gasteiger partial charge >= 0.3 is 0 Å². The predicted molar refractivity (Wildman–Crippen MR) is 109 cm³/mol. The number of carbonyl (C=O) groups is 1. The summed E-state index contributed by atoms with van der Waals surface area (Å²) in [6.07, 6.45) is 0. The fraction of sp³-hybridized carbons (Fsp3) is 0.381. The molecule has 6 heteroatoms. The Morgan fingerprint density at radius 2 is 2.04 bits per heavy atom. The van der Waals surface area contributed by atoms with Gasteiger partial charge in [-0.2, -0.15) is 0 Å². The van der Waals surface area contributed by atoms with Crippen molar-refractivity contribution in [3.8, 4) is 0 Å². The van der Waals surface area contributed by atoms with E-state index < -0.39 is 0 Å². The molecule has 0 radical (unpaired) electrons. The van der Waals surface area contributed by atoms with E-state index in [1.165, 1.54) is 17.0 Å². The molecule has 2 atom stereocenters. The van der Waals surface area contributed by atoms with Crippen molar-refractivity contribution in [2.24, 2.45) is 0 Å². The second kappa shape index (κ2) is 9.09. The van der Waals surface area contributed by atoms with E-state index in [2.05, 4.69) is 13.8 Å². The highest BCUT2D eigenvalue weighted by Gasteiger charge is 2.33. The SMILES string of the molecule is CC(C)[NH+](CC(=O)N1CCS[C@@H]1c1ccc(F)cc1)Cc1cccc(Cl)c1. The average Bonchev–Trinajstić information content (AvgIpc) is 3.11. The number of rotatable bonds is 6. The first-order chi connectivity index (χ1) is 12.9. The smallest absolute Gasteiger partial charge is 0.278 e. The summed E-state index contributed by atoms with van der Waals surface area (Å²) in [4.78, 5) is 16.2. The van der Waals surface area contributed by atoms with Gasteiger partial charge in [-0.15, -0.1) is 11.8 Å². The largest absolute Gasteiger partial charge is 0.321 e. The van der Waals surface area contributed by atoms with Crippen LogP contribution in [-0.4, -0.2) is 35.7 Å². The van der Waals surface area contributed by atoms with Crippen molar-refractivity contribution in [3.63, 3.8) is 0 Å². The topological polar surface area (TPSA) is 24.8 Å². The molecule has 144 valence electrons. The lowest BCUT2D eigenvalue weighted by molar-refractivity contribution is -0.927. The van der Waals surface area contributed by atoms with Crippen LogP contribution in [0.2, 0.25) is 5.02 Å². The molecule has 0 aliphatic carbocycles. The first kappa shape index (κ1) is 20.2. The lowest BCUT2D eigenvalue weighted by atomic mass is 10.1. The molecule has 1 N–H and O–H groups in total. The number of halogens is 2. The second-order valence-electron chi connectivity index (χ2n) is 7.16. The summed E-state index contributed by atoms with van der Waals surface area (Å²) in [5, 5.41) is 0.687. The molecule has 1 amide bonds. The lowest BCUT2D eigenvalue weighted by Crippen LogP contribution is -3.14. The monoisotopic (exact) mass is 407 g/mol. The maximum absolute atomic E-state index is 13.2. The summed E-state index contributed by atoms with van der Waals surface area (Å²) in [6.45, 7) is 6.18. The summed E-state index contributed by atoms with van der Waals surface area (Å²) >= 11 is 7.84. The highest BCUT2D eigenvalue weighted by Crippen LogP contribution is 2.37. The molecule has 2 aromatic carbocycles. The Morgan fingerprint density at radius 3 is 2.70 bits per heavy atom. The van der Waals surface area contributed by atoms with Crippen LogP contribution in [0.3, 0.4) is 0 Å². The Balaban J connectivity index is 1.70. The number of hydrogen-bond donors (Lipinski definition) is 1. The third-order valence-corrected chi connectivity index (χ3v) is 6.38. The molecule has 3 nitrogen and oxygen atoms in total. The number of nitrogens with zero attached hydrogens (tertiary/aromatic N) is 1. The van der Waals surface area contributed by atoms with Gasteiger partial charge in [-0.3, -0.25) is 4.79 Å². The number of amides is 1. The third kappa shape index (κ3) is 5.24. The molecule has 0 aromatic heterocycles. The van der Waals surface area contributed by atoms with Crippen LogP contribution in [0.15, 0.2) is 48.5 Å². The Hall–Kier alpha value is -1.56. The van der Waals surface area contributed by atoms with Crippen LogP contribution in [0.25, 0.3) is 0 Å². The van der Waals surface area contributed by atoms with Gasteiger partial charge in [0, 0.05) is 22.9 Å². The number of benzene rings is 2. The number of thioether (sulfide) groups is 1. The fourth-order valence-corrected chi connectivity index (χ4v) is 4.80. The van der Waals surface area contributed by atoms with E-state index in [1.807, 2.05) is 29.2 Å². The third-order valence-electron chi connectivity index (χ3n) is 4.88. The van der Waals surface area contributed by atoms with Crippen molar-refractivity contribution in [1.82, 2.24) is 4.90 Å². The van der Waals surface area contributed by atoms with Gasteiger partial charge in [-0.25, -0.2) is 4.39 Å². The van der Waals surface area contributed by atoms with Crippen molar-refractivity contribution in [1.29, 1.82) is 0 Å². The summed E-state index contributed by atoms with van der Waals surface area (Å²) in [7, 11) is 0. The van der Waals surface area contributed by atoms with E-state index in [4.69, 9.17) is 11.6 Å². The van der Waals surface area contributed by atoms with Crippen molar-refractivity contribution in [2.45, 2.75) is 31.8 Å². The fourth-order valence-electron chi connectivity index (χ4n) is 3.30. The van der Waals surface area contributed by atoms with Gasteiger partial charge in [0.2, 0.25) is 0 Å². The minimum atomic E-state index is -0.253. The molecule has 1 aliphatic heterocycles. The van der Waals surface area contributed by atoms with Crippen LogP contribution in [0, 0.1) is 5.82 Å². The van der Waals surface area contributed by atoms with Gasteiger partial charge in [0.05, 0.1) is 6.04 Å². The molecule has 3 rings (SSSR count). The van der Waals surface area contributed by atoms with Crippen LogP contribution >= 0.6 is 23.4 Å². The van der Waals surface area contributed by atoms with Crippen LogP contribution in [0.4, 0.5) is 4.39 Å². The maximum Gasteiger partial charge on any atom is 0.278 e. The number of carbonyl (C=O) groups excluding carboxylic acids is 1. The molecule has 1 aliphatic rings. The quantitative estimate of drug-likeness (QED) is 0.792. The van der Waals surface area contributed by atoms with E-state index in [9.17, 15) is 9.18 Å². The van der Waals surface area contributed by atoms with Gasteiger partial charge in [-0.1, -0.05) is 35.9 Å². The summed E-state index contributed by atoms with van der Waals surface area (Å²) in [5.41, 5.74) is 2.11. The summed E-state index contributed by atoms with van der Waals surface area (Å²) in [5.74, 6) is 0.788. The van der Waals surface area contributed by atoms with Crippen LogP contribution in [-0.2, 0) is 11.3 Å². The van der Waals surface area contributed by atoms with E-state index in [-0.39, 0.29) is 17.1 Å². The van der Waals surface area contributed by atoms with Gasteiger partial charge < -0.3 is 9.80 Å². The molecule has 0 spiro atoms. The first-order valence-electron chi connectivity index (χ1n) is 9.19. The highest BCUT2D eigenvalue weighted by atomic mass is 35.5. The Morgan fingerprint density at radius 1 is 1.30 bits per heavy atom. The van der Waals surface area contributed by atoms with Crippen LogP contribution < -0.4 is 4.90 Å². The van der Waals surface area contributed by atoms with Crippen molar-refractivity contribution >= 4 is 29.3 Å². The minimum Gasteiger partial charge on any atom is -0.321 e. The molecule has 2 aromatic rings. The molecule has 0 bridgehead atoms. The molecule has 1 heterocycles. The maximum atomic E-state index is 13.2. The van der Waals surface area contributed by atoms with Gasteiger partial charge in [0.25, 0.3) is 5.91 Å². The van der Waals surface area contributed by atoms with Crippen molar-refractivity contribution in [3.05, 3.63) is 70.5 Å². The van der Waals surface area contributed by atoms with E-state index in [0.717, 1.165) is 30.0 Å². The summed E-state index contributed by atoms with van der Waals surface area (Å²) < 4.78 is 13.2. The lowest BCUT2D eigenvalue weighted by Gasteiger charge is -2.28. The number of nitrogens with one attached hydrogen (secondary N) is 1. The van der Waals surface area contributed by atoms with E-state index in [0.29, 0.717) is 17.6 Å². The zero-order chi connectivity index (χ0) is 19.4. The van der Waals surface area contributed by atoms with E-state index >= 15 is 0 Å². The first-order valence-corrected chi connectivity index (χ1v) is 10.6. The zero-order valence-electron chi connectivity index (χ0n) is 15.6. The number of quaternary nitrogens is 1. The molecular weight excluding hydrogens is 383 g/mol. The molecular formula is C21H25ClFN2OS+. The normalized spacial score (nSPS) is 18.1. The Kier molecular flexibility index (Phi) is 6.79. The molecule has 1 unspecified atom stereocenters. The van der Waals surface area contributed by atoms with Crippen LogP contribution in [0.5, 0.6) is 0 Å². The van der Waals surface area contributed by atoms with Crippen LogP contribution in [0.1, 0.15) is 30.3 Å². The zero-order valence-corrected chi connectivity index (χ0v) is 17.2.